The third kappa shape index (κ3) is 2.77. The number of anilines is 1. The molecule has 1 aliphatic heterocycles. The number of aromatic nitrogens is 4. The molecular formula is C17H15F4N5. The lowest BCUT2D eigenvalue weighted by atomic mass is 9.95. The summed E-state index contributed by atoms with van der Waals surface area (Å²) in [7, 11) is 0. The minimum Gasteiger partial charge on any atom is -0.348 e. The SMILES string of the molecule is CC1CCN(c2ccc3nnc(C(F)(F)F)n3n2)C1c1cccc(F)c1. The number of nitrogens with zero attached hydrogens (tertiary/aromatic N) is 5. The molecule has 0 radical (unpaired) electrons. The molecule has 1 fully saturated rings. The van der Waals surface area contributed by atoms with Crippen LogP contribution in [0, 0.1) is 11.7 Å². The van der Waals surface area contributed by atoms with Gasteiger partial charge in [0.05, 0.1) is 6.04 Å². The lowest BCUT2D eigenvalue weighted by Gasteiger charge is -2.28. The number of rotatable bonds is 2. The van der Waals surface area contributed by atoms with Crippen LogP contribution >= 0.6 is 0 Å². The zero-order valence-electron chi connectivity index (χ0n) is 13.8. The Bertz CT molecular complexity index is 952. The number of alkyl halides is 3. The summed E-state index contributed by atoms with van der Waals surface area (Å²) in [5.74, 6) is -0.925. The largest absolute Gasteiger partial charge is 0.453 e. The molecular weight excluding hydrogens is 350 g/mol. The summed E-state index contributed by atoms with van der Waals surface area (Å²) >= 11 is 0. The number of hydrogen-bond donors (Lipinski definition) is 0. The van der Waals surface area contributed by atoms with E-state index in [1.54, 1.807) is 12.1 Å². The Hall–Kier alpha value is -2.71. The monoisotopic (exact) mass is 365 g/mol. The highest BCUT2D eigenvalue weighted by Crippen LogP contribution is 2.39. The average Bonchev–Trinajstić information content (AvgIpc) is 3.17. The van der Waals surface area contributed by atoms with E-state index in [0.29, 0.717) is 16.9 Å². The van der Waals surface area contributed by atoms with Crippen LogP contribution in [0.2, 0.25) is 0 Å². The Morgan fingerprint density at radius 1 is 1.12 bits per heavy atom. The van der Waals surface area contributed by atoms with Gasteiger partial charge in [0.25, 0.3) is 5.82 Å². The summed E-state index contributed by atoms with van der Waals surface area (Å²) in [6, 6.07) is 9.18. The highest BCUT2D eigenvalue weighted by atomic mass is 19.4. The second-order valence-corrected chi connectivity index (χ2v) is 6.44. The van der Waals surface area contributed by atoms with Crippen molar-refractivity contribution in [2.24, 2.45) is 5.92 Å². The molecule has 4 rings (SSSR count). The average molecular weight is 365 g/mol. The zero-order chi connectivity index (χ0) is 18.5. The van der Waals surface area contributed by atoms with Gasteiger partial charge >= 0.3 is 6.18 Å². The molecule has 9 heteroatoms. The van der Waals surface area contributed by atoms with Crippen LogP contribution in [0.1, 0.15) is 30.8 Å². The Kier molecular flexibility index (Phi) is 3.82. The van der Waals surface area contributed by atoms with Gasteiger partial charge < -0.3 is 4.90 Å². The predicted octanol–water partition coefficient (Wildman–Crippen LogP) is 3.87. The van der Waals surface area contributed by atoms with E-state index in [-0.39, 0.29) is 23.4 Å². The Labute approximate surface area is 146 Å². The first-order valence-corrected chi connectivity index (χ1v) is 8.16. The lowest BCUT2D eigenvalue weighted by molar-refractivity contribution is -0.146. The standard InChI is InChI=1S/C17H15F4N5/c1-10-7-8-25(15(10)11-3-2-4-12(18)9-11)14-6-5-13-22-23-16(17(19,20)21)26(13)24-14/h2-6,9-10,15H,7-8H2,1H3. The quantitative estimate of drug-likeness (QED) is 0.647. The first-order chi connectivity index (χ1) is 12.3. The second-order valence-electron chi connectivity index (χ2n) is 6.44. The van der Waals surface area contributed by atoms with Crippen molar-refractivity contribution in [3.8, 4) is 0 Å². The minimum atomic E-state index is -4.65. The van der Waals surface area contributed by atoms with E-state index in [1.165, 1.54) is 18.2 Å². The van der Waals surface area contributed by atoms with Crippen molar-refractivity contribution >= 4 is 11.5 Å². The Balaban J connectivity index is 1.78. The molecule has 2 atom stereocenters. The molecule has 0 aliphatic carbocycles. The summed E-state index contributed by atoms with van der Waals surface area (Å²) in [5, 5.41) is 10.8. The van der Waals surface area contributed by atoms with Crippen molar-refractivity contribution in [2.75, 3.05) is 11.4 Å². The Morgan fingerprint density at radius 2 is 1.92 bits per heavy atom. The van der Waals surface area contributed by atoms with Crippen LogP contribution in [0.3, 0.4) is 0 Å². The van der Waals surface area contributed by atoms with E-state index in [2.05, 4.69) is 15.3 Å². The molecule has 2 unspecified atom stereocenters. The van der Waals surface area contributed by atoms with Crippen molar-refractivity contribution in [3.63, 3.8) is 0 Å². The molecule has 0 N–H and O–H groups in total. The predicted molar refractivity (Wildman–Crippen MR) is 86.1 cm³/mol. The zero-order valence-corrected chi connectivity index (χ0v) is 13.8. The normalized spacial score (nSPS) is 20.9. The minimum absolute atomic E-state index is 0.0237. The molecule has 3 aromatic rings. The van der Waals surface area contributed by atoms with Gasteiger partial charge in [0.2, 0.25) is 0 Å². The summed E-state index contributed by atoms with van der Waals surface area (Å²) in [4.78, 5) is 1.90. The van der Waals surface area contributed by atoms with Gasteiger partial charge in [-0.2, -0.15) is 17.7 Å². The molecule has 0 spiro atoms. The maximum atomic E-state index is 13.6. The van der Waals surface area contributed by atoms with Crippen LogP contribution in [-0.4, -0.2) is 26.4 Å². The number of halogens is 4. The van der Waals surface area contributed by atoms with Crippen molar-refractivity contribution < 1.29 is 17.6 Å². The van der Waals surface area contributed by atoms with Gasteiger partial charge in [-0.3, -0.25) is 0 Å². The van der Waals surface area contributed by atoms with Gasteiger partial charge in [-0.05, 0) is 42.2 Å². The van der Waals surface area contributed by atoms with Crippen molar-refractivity contribution in [1.82, 2.24) is 19.8 Å². The molecule has 1 saturated heterocycles. The van der Waals surface area contributed by atoms with Crippen molar-refractivity contribution in [2.45, 2.75) is 25.6 Å². The van der Waals surface area contributed by atoms with Crippen LogP contribution in [0.15, 0.2) is 36.4 Å². The summed E-state index contributed by atoms with van der Waals surface area (Å²) < 4.78 is 53.6. The third-order valence-electron chi connectivity index (χ3n) is 4.69. The van der Waals surface area contributed by atoms with Crippen LogP contribution in [0.4, 0.5) is 23.4 Å². The highest BCUT2D eigenvalue weighted by molar-refractivity contribution is 5.49. The van der Waals surface area contributed by atoms with Crippen LogP contribution in [0.5, 0.6) is 0 Å². The smallest absolute Gasteiger partial charge is 0.348 e. The summed E-state index contributed by atoms with van der Waals surface area (Å²) in [5.41, 5.74) is 0.798. The van der Waals surface area contributed by atoms with Gasteiger partial charge in [-0.15, -0.1) is 15.3 Å². The summed E-state index contributed by atoms with van der Waals surface area (Å²) in [6.07, 6.45) is -3.82. The van der Waals surface area contributed by atoms with Gasteiger partial charge in [0.15, 0.2) is 5.65 Å². The van der Waals surface area contributed by atoms with Gasteiger partial charge in [-0.1, -0.05) is 19.1 Å². The van der Waals surface area contributed by atoms with Crippen LogP contribution in [0.25, 0.3) is 5.65 Å². The fourth-order valence-electron chi connectivity index (χ4n) is 3.51. The maximum absolute atomic E-state index is 13.6. The first kappa shape index (κ1) is 16.7. The van der Waals surface area contributed by atoms with E-state index in [9.17, 15) is 17.6 Å². The van der Waals surface area contributed by atoms with Gasteiger partial charge in [0, 0.05) is 6.54 Å². The van der Waals surface area contributed by atoms with E-state index < -0.39 is 12.0 Å². The fourth-order valence-corrected chi connectivity index (χ4v) is 3.51. The molecule has 1 aliphatic rings. The van der Waals surface area contributed by atoms with E-state index in [0.717, 1.165) is 12.0 Å². The molecule has 26 heavy (non-hydrogen) atoms. The summed E-state index contributed by atoms with van der Waals surface area (Å²) in [6.45, 7) is 2.65. The number of hydrogen-bond acceptors (Lipinski definition) is 4. The lowest BCUT2D eigenvalue weighted by Crippen LogP contribution is -2.26. The van der Waals surface area contributed by atoms with Gasteiger partial charge in [0.1, 0.15) is 11.6 Å². The van der Waals surface area contributed by atoms with E-state index >= 15 is 0 Å². The van der Waals surface area contributed by atoms with Crippen molar-refractivity contribution in [3.05, 3.63) is 53.6 Å². The molecule has 0 saturated carbocycles. The number of fused-ring (bicyclic) bond motifs is 1. The van der Waals surface area contributed by atoms with Crippen LogP contribution in [-0.2, 0) is 6.18 Å². The molecule has 5 nitrogen and oxygen atoms in total. The van der Waals surface area contributed by atoms with Crippen LogP contribution < -0.4 is 4.90 Å². The topological polar surface area (TPSA) is 46.3 Å². The highest BCUT2D eigenvalue weighted by Gasteiger charge is 2.38. The Morgan fingerprint density at radius 3 is 2.65 bits per heavy atom. The molecule has 3 heterocycles. The van der Waals surface area contributed by atoms with E-state index in [4.69, 9.17) is 0 Å². The third-order valence-corrected chi connectivity index (χ3v) is 4.69. The van der Waals surface area contributed by atoms with E-state index in [1.807, 2.05) is 17.9 Å². The first-order valence-electron chi connectivity index (χ1n) is 8.16. The van der Waals surface area contributed by atoms with Crippen molar-refractivity contribution in [1.29, 1.82) is 0 Å². The maximum Gasteiger partial charge on any atom is 0.453 e. The fraction of sp³-hybridized carbons (Fsp3) is 0.353. The molecule has 0 amide bonds. The van der Waals surface area contributed by atoms with Gasteiger partial charge in [-0.25, -0.2) is 4.39 Å². The molecule has 0 bridgehead atoms. The molecule has 1 aromatic carbocycles. The molecule has 2 aromatic heterocycles. The molecule has 136 valence electrons. The number of benzene rings is 1. The second kappa shape index (κ2) is 5.93.